The Morgan fingerprint density at radius 3 is 2.47 bits per heavy atom. The lowest BCUT2D eigenvalue weighted by Gasteiger charge is -2.28. The molecule has 3 aromatic rings. The lowest BCUT2D eigenvalue weighted by Crippen LogP contribution is -2.36. The summed E-state index contributed by atoms with van der Waals surface area (Å²) >= 11 is 1.39. The Balaban J connectivity index is 1.40. The average molecular weight is 446 g/mol. The quantitative estimate of drug-likeness (QED) is 0.522. The number of furan rings is 1. The van der Waals surface area contributed by atoms with Crippen LogP contribution in [0.1, 0.15) is 11.3 Å². The molecule has 7 heteroatoms. The maximum absolute atomic E-state index is 13.2. The van der Waals surface area contributed by atoms with Crippen molar-refractivity contribution in [2.45, 2.75) is 6.54 Å². The number of morpholine rings is 1. The first-order valence-electron chi connectivity index (χ1n) is 10.6. The monoisotopic (exact) mass is 445 g/mol. The maximum Gasteiger partial charge on any atom is 0.267 e. The predicted molar refractivity (Wildman–Crippen MR) is 128 cm³/mol. The highest BCUT2D eigenvalue weighted by Crippen LogP contribution is 2.35. The van der Waals surface area contributed by atoms with Gasteiger partial charge in [0.15, 0.2) is 5.17 Å². The summed E-state index contributed by atoms with van der Waals surface area (Å²) in [4.78, 5) is 22.6. The van der Waals surface area contributed by atoms with Gasteiger partial charge in [-0.25, -0.2) is 4.99 Å². The van der Waals surface area contributed by atoms with Gasteiger partial charge in [-0.05, 0) is 59.8 Å². The van der Waals surface area contributed by atoms with Crippen molar-refractivity contribution in [1.29, 1.82) is 0 Å². The fraction of sp³-hybridized carbons (Fsp3) is 0.200. The standard InChI is InChI=1S/C25H23N3O3S/c29-24-23(17-19-8-10-21(11-9-19)27-12-15-30-16-13-27)32-25(26-20-5-2-1-3-6-20)28(24)18-22-7-4-14-31-22/h1-11,14,17H,12-13,15-16,18H2/b23-17-,26-25?. The second-order valence-electron chi connectivity index (χ2n) is 7.50. The molecule has 0 bridgehead atoms. The number of carbonyl (C=O) groups is 1. The van der Waals surface area contributed by atoms with E-state index in [1.807, 2.05) is 48.5 Å². The summed E-state index contributed by atoms with van der Waals surface area (Å²) in [5, 5.41) is 0.647. The van der Waals surface area contributed by atoms with E-state index in [2.05, 4.69) is 29.2 Å². The third kappa shape index (κ3) is 4.64. The summed E-state index contributed by atoms with van der Waals surface area (Å²) in [5.41, 5.74) is 2.96. The van der Waals surface area contributed by atoms with Gasteiger partial charge in [-0.3, -0.25) is 9.69 Å². The summed E-state index contributed by atoms with van der Waals surface area (Å²) < 4.78 is 10.9. The molecule has 2 saturated heterocycles. The second kappa shape index (κ2) is 9.46. The molecule has 1 amide bonds. The molecular formula is C25H23N3O3S. The van der Waals surface area contributed by atoms with Gasteiger partial charge in [0, 0.05) is 18.8 Å². The molecule has 1 aromatic heterocycles. The van der Waals surface area contributed by atoms with Crippen LogP contribution in [0.4, 0.5) is 11.4 Å². The Morgan fingerprint density at radius 1 is 0.969 bits per heavy atom. The van der Waals surface area contributed by atoms with Crippen molar-refractivity contribution in [1.82, 2.24) is 4.90 Å². The third-order valence-electron chi connectivity index (χ3n) is 5.33. The number of aliphatic imine (C=N–C) groups is 1. The van der Waals surface area contributed by atoms with E-state index in [0.29, 0.717) is 16.6 Å². The van der Waals surface area contributed by atoms with Crippen LogP contribution >= 0.6 is 11.8 Å². The van der Waals surface area contributed by atoms with E-state index < -0.39 is 0 Å². The van der Waals surface area contributed by atoms with Crippen molar-refractivity contribution in [3.8, 4) is 0 Å². The molecule has 0 saturated carbocycles. The number of anilines is 1. The van der Waals surface area contributed by atoms with E-state index in [0.717, 1.165) is 43.3 Å². The number of para-hydroxylation sites is 1. The molecule has 3 heterocycles. The first-order chi connectivity index (χ1) is 15.8. The molecule has 0 radical (unpaired) electrons. The number of carbonyl (C=O) groups excluding carboxylic acids is 1. The highest BCUT2D eigenvalue weighted by atomic mass is 32.2. The van der Waals surface area contributed by atoms with Crippen LogP contribution in [0.15, 0.2) is 87.3 Å². The number of hydrogen-bond acceptors (Lipinski definition) is 6. The molecule has 2 aliphatic heterocycles. The van der Waals surface area contributed by atoms with Gasteiger partial charge >= 0.3 is 0 Å². The zero-order valence-corrected chi connectivity index (χ0v) is 18.3. The van der Waals surface area contributed by atoms with Crippen molar-refractivity contribution in [2.75, 3.05) is 31.2 Å². The highest BCUT2D eigenvalue weighted by Gasteiger charge is 2.34. The molecule has 2 fully saturated rings. The molecule has 162 valence electrons. The highest BCUT2D eigenvalue weighted by molar-refractivity contribution is 8.18. The third-order valence-corrected chi connectivity index (χ3v) is 6.34. The molecule has 2 aromatic carbocycles. The minimum absolute atomic E-state index is 0.0710. The van der Waals surface area contributed by atoms with Gasteiger partial charge in [0.05, 0.1) is 36.6 Å². The van der Waals surface area contributed by atoms with Crippen molar-refractivity contribution < 1.29 is 13.9 Å². The number of ether oxygens (including phenoxy) is 1. The fourth-order valence-electron chi connectivity index (χ4n) is 3.66. The molecular weight excluding hydrogens is 422 g/mol. The van der Waals surface area contributed by atoms with Crippen LogP contribution in [-0.4, -0.2) is 42.3 Å². The average Bonchev–Trinajstić information content (AvgIpc) is 3.45. The second-order valence-corrected chi connectivity index (χ2v) is 8.51. The number of benzene rings is 2. The Labute approximate surface area is 191 Å². The smallest absolute Gasteiger partial charge is 0.267 e. The minimum atomic E-state index is -0.0710. The Bertz CT molecular complexity index is 1120. The molecule has 32 heavy (non-hydrogen) atoms. The van der Waals surface area contributed by atoms with E-state index in [1.54, 1.807) is 11.2 Å². The lowest BCUT2D eigenvalue weighted by atomic mass is 10.1. The number of hydrogen-bond donors (Lipinski definition) is 0. The van der Waals surface area contributed by atoms with Crippen LogP contribution in [0.25, 0.3) is 6.08 Å². The van der Waals surface area contributed by atoms with Crippen LogP contribution in [0.5, 0.6) is 0 Å². The van der Waals surface area contributed by atoms with Gasteiger partial charge in [-0.1, -0.05) is 30.3 Å². The summed E-state index contributed by atoms with van der Waals surface area (Å²) in [5.74, 6) is 0.647. The number of amidine groups is 1. The van der Waals surface area contributed by atoms with Crippen molar-refractivity contribution >= 4 is 40.3 Å². The van der Waals surface area contributed by atoms with E-state index in [-0.39, 0.29) is 5.91 Å². The van der Waals surface area contributed by atoms with E-state index in [9.17, 15) is 4.79 Å². The van der Waals surface area contributed by atoms with Gasteiger partial charge in [-0.15, -0.1) is 0 Å². The van der Waals surface area contributed by atoms with Gasteiger partial charge in [0.2, 0.25) is 0 Å². The van der Waals surface area contributed by atoms with Crippen LogP contribution in [0.3, 0.4) is 0 Å². The lowest BCUT2D eigenvalue weighted by molar-refractivity contribution is -0.122. The van der Waals surface area contributed by atoms with E-state index in [4.69, 9.17) is 14.1 Å². The number of rotatable bonds is 5. The van der Waals surface area contributed by atoms with Crippen LogP contribution in [-0.2, 0) is 16.1 Å². The summed E-state index contributed by atoms with van der Waals surface area (Å²) in [7, 11) is 0. The molecule has 0 N–H and O–H groups in total. The number of amides is 1. The predicted octanol–water partition coefficient (Wildman–Crippen LogP) is 4.92. The normalized spacial score (nSPS) is 19.3. The van der Waals surface area contributed by atoms with E-state index in [1.165, 1.54) is 17.4 Å². The van der Waals surface area contributed by atoms with Gasteiger partial charge in [0.25, 0.3) is 5.91 Å². The van der Waals surface area contributed by atoms with Crippen molar-refractivity contribution in [2.24, 2.45) is 4.99 Å². The first-order valence-corrected chi connectivity index (χ1v) is 11.4. The summed E-state index contributed by atoms with van der Waals surface area (Å²) in [6.45, 7) is 3.65. The van der Waals surface area contributed by atoms with E-state index >= 15 is 0 Å². The number of thioether (sulfide) groups is 1. The van der Waals surface area contributed by atoms with Crippen LogP contribution < -0.4 is 4.90 Å². The minimum Gasteiger partial charge on any atom is -0.467 e. The molecule has 0 aliphatic carbocycles. The van der Waals surface area contributed by atoms with Gasteiger partial charge in [-0.2, -0.15) is 0 Å². The summed E-state index contributed by atoms with van der Waals surface area (Å²) in [6, 6.07) is 21.7. The van der Waals surface area contributed by atoms with Crippen LogP contribution in [0, 0.1) is 0 Å². The zero-order valence-electron chi connectivity index (χ0n) is 17.5. The van der Waals surface area contributed by atoms with Gasteiger partial charge < -0.3 is 14.1 Å². The van der Waals surface area contributed by atoms with Crippen molar-refractivity contribution in [3.05, 3.63) is 89.2 Å². The van der Waals surface area contributed by atoms with Crippen LogP contribution in [0.2, 0.25) is 0 Å². The Kier molecular flexibility index (Phi) is 6.09. The van der Waals surface area contributed by atoms with Crippen molar-refractivity contribution in [3.63, 3.8) is 0 Å². The Hall–Kier alpha value is -3.29. The molecule has 5 rings (SSSR count). The Morgan fingerprint density at radius 2 is 1.75 bits per heavy atom. The fourth-order valence-corrected chi connectivity index (χ4v) is 4.65. The SMILES string of the molecule is O=C1/C(=C/c2ccc(N3CCOCC3)cc2)SC(=Nc2ccccc2)N1Cc1ccco1. The summed E-state index contributed by atoms with van der Waals surface area (Å²) in [6.07, 6.45) is 3.54. The zero-order chi connectivity index (χ0) is 21.8. The van der Waals surface area contributed by atoms with Gasteiger partial charge in [0.1, 0.15) is 5.76 Å². The molecule has 0 spiro atoms. The molecule has 0 unspecified atom stereocenters. The topological polar surface area (TPSA) is 58.3 Å². The largest absolute Gasteiger partial charge is 0.467 e. The molecule has 6 nitrogen and oxygen atoms in total. The number of nitrogens with zero attached hydrogens (tertiary/aromatic N) is 3. The first kappa shape index (κ1) is 20.6. The molecule has 2 aliphatic rings. The molecule has 0 atom stereocenters. The maximum atomic E-state index is 13.2.